The third-order valence-electron chi connectivity index (χ3n) is 4.76. The second-order valence-corrected chi connectivity index (χ2v) is 9.70. The maximum atomic E-state index is 9.99. The zero-order valence-corrected chi connectivity index (χ0v) is 20.6. The van der Waals surface area contributed by atoms with Gasteiger partial charge in [0, 0.05) is 23.8 Å². The van der Waals surface area contributed by atoms with Crippen LogP contribution in [0.25, 0.3) is 21.0 Å². The number of rotatable bonds is 9. The summed E-state index contributed by atoms with van der Waals surface area (Å²) in [5.41, 5.74) is 8.69. The van der Waals surface area contributed by atoms with Crippen LogP contribution in [0.5, 0.6) is 5.75 Å². The molecule has 0 atom stereocenters. The number of ether oxygens (including phenoxy) is 2. The third kappa shape index (κ3) is 5.22. The Labute approximate surface area is 209 Å². The van der Waals surface area contributed by atoms with E-state index in [4.69, 9.17) is 20.2 Å². The molecule has 1 aromatic carbocycles. The van der Waals surface area contributed by atoms with E-state index >= 15 is 0 Å². The molecule has 10 heteroatoms. The molecule has 0 aliphatic heterocycles. The molecule has 4 aromatic rings. The smallest absolute Gasteiger partial charge is 0.143 e. The first kappa shape index (κ1) is 23.7. The van der Waals surface area contributed by atoms with Gasteiger partial charge in [0.2, 0.25) is 0 Å². The molecule has 0 saturated carbocycles. The average molecular weight is 506 g/mol. The monoisotopic (exact) mass is 505 g/mol. The maximum absolute atomic E-state index is 9.99. The fourth-order valence-electron chi connectivity index (χ4n) is 3.18. The van der Waals surface area contributed by atoms with E-state index in [1.807, 2.05) is 22.9 Å². The summed E-state index contributed by atoms with van der Waals surface area (Å²) in [4.78, 5) is 10.2. The number of thiazole rings is 1. The van der Waals surface area contributed by atoms with Crippen molar-refractivity contribution in [2.45, 2.75) is 10.8 Å². The quantitative estimate of drug-likeness (QED) is 0.231. The molecule has 3 heterocycles. The Balaban J connectivity index is 1.62. The first-order chi connectivity index (χ1) is 16.6. The maximum Gasteiger partial charge on any atom is 0.143 e. The van der Waals surface area contributed by atoms with Crippen molar-refractivity contribution in [3.05, 3.63) is 64.0 Å². The van der Waals surface area contributed by atoms with E-state index in [2.05, 4.69) is 17.1 Å². The number of nitriles is 2. The summed E-state index contributed by atoms with van der Waals surface area (Å²) >= 11 is 4.61. The standard InChI is InChI=1S/C24H19N5O2S3/c1-30-8-9-31-17-6-4-15(5-7-17)21-18(11-25)22(27)29-23(19(21)12-26)33-13-16-14-34-24(28-16)20-3-2-10-32-20/h2-7,10,14H,8-9,13H2,1H3,(H2,27,29). The van der Waals surface area contributed by atoms with Crippen LogP contribution in [0.15, 0.2) is 52.2 Å². The van der Waals surface area contributed by atoms with E-state index in [9.17, 15) is 10.5 Å². The van der Waals surface area contributed by atoms with Crippen LogP contribution in [0.1, 0.15) is 16.8 Å². The van der Waals surface area contributed by atoms with Gasteiger partial charge in [0.05, 0.1) is 22.7 Å². The molecule has 0 radical (unpaired) electrons. The summed E-state index contributed by atoms with van der Waals surface area (Å²) in [6.45, 7) is 0.907. The Hall–Kier alpha value is -3.41. The second kappa shape index (κ2) is 11.1. The number of methoxy groups -OCH3 is 1. The number of nitrogen functional groups attached to an aromatic ring is 1. The topological polar surface area (TPSA) is 118 Å². The van der Waals surface area contributed by atoms with Gasteiger partial charge in [-0.25, -0.2) is 9.97 Å². The summed E-state index contributed by atoms with van der Waals surface area (Å²) in [6, 6.07) is 15.6. The van der Waals surface area contributed by atoms with Gasteiger partial charge in [-0.1, -0.05) is 30.0 Å². The molecule has 3 aromatic heterocycles. The molecule has 0 bridgehead atoms. The van der Waals surface area contributed by atoms with Gasteiger partial charge in [0.25, 0.3) is 0 Å². The second-order valence-electron chi connectivity index (χ2n) is 6.93. The lowest BCUT2D eigenvalue weighted by molar-refractivity contribution is 0.146. The number of nitrogens with zero attached hydrogens (tertiary/aromatic N) is 4. The molecule has 0 aliphatic rings. The molecular weight excluding hydrogens is 486 g/mol. The van der Waals surface area contributed by atoms with E-state index in [0.717, 1.165) is 15.6 Å². The van der Waals surface area contributed by atoms with Gasteiger partial charge < -0.3 is 15.2 Å². The lowest BCUT2D eigenvalue weighted by Gasteiger charge is -2.13. The summed E-state index contributed by atoms with van der Waals surface area (Å²) in [7, 11) is 1.61. The first-order valence-corrected chi connectivity index (χ1v) is 12.9. The van der Waals surface area contributed by atoms with Crippen molar-refractivity contribution in [3.63, 3.8) is 0 Å². The number of hydrogen-bond acceptors (Lipinski definition) is 10. The normalized spacial score (nSPS) is 10.6. The van der Waals surface area contributed by atoms with Crippen molar-refractivity contribution in [2.75, 3.05) is 26.1 Å². The molecule has 0 fully saturated rings. The van der Waals surface area contributed by atoms with E-state index in [0.29, 0.717) is 46.4 Å². The van der Waals surface area contributed by atoms with E-state index < -0.39 is 0 Å². The molecule has 7 nitrogen and oxygen atoms in total. The number of pyridine rings is 1. The van der Waals surface area contributed by atoms with Gasteiger partial charge in [-0.3, -0.25) is 0 Å². The van der Waals surface area contributed by atoms with Crippen LogP contribution >= 0.6 is 34.4 Å². The number of thioether (sulfide) groups is 1. The third-order valence-corrected chi connectivity index (χ3v) is 7.69. The number of aromatic nitrogens is 2. The Bertz CT molecular complexity index is 1350. The van der Waals surface area contributed by atoms with Crippen molar-refractivity contribution in [2.24, 2.45) is 0 Å². The van der Waals surface area contributed by atoms with Crippen LogP contribution in [-0.4, -0.2) is 30.3 Å². The van der Waals surface area contributed by atoms with Crippen LogP contribution in [0.3, 0.4) is 0 Å². The number of nitrogens with two attached hydrogens (primary N) is 1. The molecule has 4 rings (SSSR count). The number of benzene rings is 1. The van der Waals surface area contributed by atoms with Crippen LogP contribution in [-0.2, 0) is 10.5 Å². The summed E-state index contributed by atoms with van der Waals surface area (Å²) in [5, 5.41) is 25.2. The first-order valence-electron chi connectivity index (χ1n) is 10.1. The molecule has 0 unspecified atom stereocenters. The predicted octanol–water partition coefficient (Wildman–Crippen LogP) is 5.58. The van der Waals surface area contributed by atoms with Crippen molar-refractivity contribution in [3.8, 4) is 38.9 Å². The molecule has 0 amide bonds. The summed E-state index contributed by atoms with van der Waals surface area (Å²) < 4.78 is 10.6. The van der Waals surface area contributed by atoms with Crippen molar-refractivity contribution in [1.82, 2.24) is 9.97 Å². The van der Waals surface area contributed by atoms with Gasteiger partial charge in [-0.2, -0.15) is 10.5 Å². The van der Waals surface area contributed by atoms with Crippen molar-refractivity contribution < 1.29 is 9.47 Å². The highest BCUT2D eigenvalue weighted by atomic mass is 32.2. The Morgan fingerprint density at radius 2 is 1.82 bits per heavy atom. The zero-order chi connectivity index (χ0) is 23.9. The Morgan fingerprint density at radius 3 is 2.50 bits per heavy atom. The van der Waals surface area contributed by atoms with Crippen molar-refractivity contribution >= 4 is 40.3 Å². The minimum absolute atomic E-state index is 0.0944. The van der Waals surface area contributed by atoms with Gasteiger partial charge in [-0.05, 0) is 29.1 Å². The molecule has 0 spiro atoms. The summed E-state index contributed by atoms with van der Waals surface area (Å²) in [5.74, 6) is 1.29. The number of anilines is 1. The molecule has 34 heavy (non-hydrogen) atoms. The van der Waals surface area contributed by atoms with Gasteiger partial charge >= 0.3 is 0 Å². The minimum Gasteiger partial charge on any atom is -0.491 e. The molecule has 0 saturated heterocycles. The largest absolute Gasteiger partial charge is 0.491 e. The lowest BCUT2D eigenvalue weighted by Crippen LogP contribution is -2.05. The Kier molecular flexibility index (Phi) is 7.78. The highest BCUT2D eigenvalue weighted by Crippen LogP contribution is 2.37. The average Bonchev–Trinajstić information content (AvgIpc) is 3.55. The van der Waals surface area contributed by atoms with Crippen molar-refractivity contribution in [1.29, 1.82) is 10.5 Å². The predicted molar refractivity (Wildman–Crippen MR) is 136 cm³/mol. The number of hydrogen-bond donors (Lipinski definition) is 1. The fourth-order valence-corrected chi connectivity index (χ4v) is 5.81. The Morgan fingerprint density at radius 1 is 1.03 bits per heavy atom. The SMILES string of the molecule is COCCOc1ccc(-c2c(C#N)c(N)nc(SCc3csc(-c4cccs4)n3)c2C#N)cc1. The zero-order valence-electron chi connectivity index (χ0n) is 18.1. The van der Waals surface area contributed by atoms with Crippen LogP contribution in [0.4, 0.5) is 5.82 Å². The lowest BCUT2D eigenvalue weighted by atomic mass is 9.97. The van der Waals surface area contributed by atoms with Gasteiger partial charge in [0.1, 0.15) is 45.9 Å². The van der Waals surface area contributed by atoms with E-state index in [1.165, 1.54) is 11.8 Å². The molecule has 170 valence electrons. The molecule has 2 N–H and O–H groups in total. The van der Waals surface area contributed by atoms with Crippen LogP contribution in [0.2, 0.25) is 0 Å². The number of thiophene rings is 1. The molecule has 0 aliphatic carbocycles. The fraction of sp³-hybridized carbons (Fsp3) is 0.167. The van der Waals surface area contributed by atoms with Crippen LogP contribution in [0, 0.1) is 22.7 Å². The van der Waals surface area contributed by atoms with Crippen LogP contribution < -0.4 is 10.5 Å². The van der Waals surface area contributed by atoms with E-state index in [1.54, 1.807) is 54.0 Å². The van der Waals surface area contributed by atoms with E-state index in [-0.39, 0.29) is 11.4 Å². The van der Waals surface area contributed by atoms with Gasteiger partial charge in [-0.15, -0.1) is 22.7 Å². The highest BCUT2D eigenvalue weighted by Gasteiger charge is 2.21. The summed E-state index contributed by atoms with van der Waals surface area (Å²) in [6.07, 6.45) is 0. The highest BCUT2D eigenvalue weighted by molar-refractivity contribution is 7.98. The molecular formula is C24H19N5O2S3. The minimum atomic E-state index is 0.0944. The van der Waals surface area contributed by atoms with Gasteiger partial charge in [0.15, 0.2) is 0 Å².